The largest absolute Gasteiger partial charge is 0.444 e. The van der Waals surface area contributed by atoms with Crippen molar-refractivity contribution in [3.63, 3.8) is 0 Å². The molecule has 3 rings (SSSR count). The number of ether oxygens (including phenoxy) is 2. The first-order valence-electron chi connectivity index (χ1n) is 8.01. The highest BCUT2D eigenvalue weighted by Crippen LogP contribution is 2.32. The smallest absolute Gasteiger partial charge is 0.413 e. The second kappa shape index (κ2) is 6.76. The molecule has 3 heterocycles. The van der Waals surface area contributed by atoms with Gasteiger partial charge in [-0.05, 0) is 20.8 Å². The fourth-order valence-electron chi connectivity index (χ4n) is 2.64. The predicted octanol–water partition coefficient (Wildman–Crippen LogP) is -0.215. The van der Waals surface area contributed by atoms with Crippen molar-refractivity contribution in [3.05, 3.63) is 12.7 Å². The first kappa shape index (κ1) is 18.5. The molecule has 0 radical (unpaired) electrons. The monoisotopic (exact) mass is 367 g/mol. The van der Waals surface area contributed by atoms with Gasteiger partial charge in [0.1, 0.15) is 30.2 Å². The highest BCUT2D eigenvalue weighted by molar-refractivity contribution is 5.93. The summed E-state index contributed by atoms with van der Waals surface area (Å²) in [5, 5.41) is 31.8. The van der Waals surface area contributed by atoms with Crippen LogP contribution in [0.5, 0.6) is 0 Å². The van der Waals surface area contributed by atoms with Crippen molar-refractivity contribution in [2.75, 3.05) is 11.9 Å². The fourth-order valence-corrected chi connectivity index (χ4v) is 2.64. The lowest BCUT2D eigenvalue weighted by atomic mass is 10.1. The van der Waals surface area contributed by atoms with Crippen LogP contribution in [0.15, 0.2) is 12.7 Å². The summed E-state index contributed by atoms with van der Waals surface area (Å²) in [5.74, 6) is 0.134. The molecular formula is C15H21N5O6. The number of aliphatic hydroxyl groups excluding tert-OH is 3. The maximum Gasteiger partial charge on any atom is 0.413 e. The third-order valence-electron chi connectivity index (χ3n) is 3.77. The summed E-state index contributed by atoms with van der Waals surface area (Å²) < 4.78 is 12.1. The van der Waals surface area contributed by atoms with E-state index in [2.05, 4.69) is 20.3 Å². The van der Waals surface area contributed by atoms with Gasteiger partial charge in [0.2, 0.25) is 0 Å². The van der Waals surface area contributed by atoms with E-state index < -0.39 is 42.8 Å². The molecule has 142 valence electrons. The Bertz CT molecular complexity index is 803. The van der Waals surface area contributed by atoms with Crippen molar-refractivity contribution >= 4 is 23.1 Å². The maximum atomic E-state index is 12.0. The van der Waals surface area contributed by atoms with Gasteiger partial charge < -0.3 is 24.8 Å². The average molecular weight is 367 g/mol. The van der Waals surface area contributed by atoms with Crippen LogP contribution in [0.1, 0.15) is 27.0 Å². The van der Waals surface area contributed by atoms with Crippen LogP contribution in [-0.4, -0.2) is 71.5 Å². The minimum absolute atomic E-state index is 0.134. The maximum absolute atomic E-state index is 12.0. The number of rotatable bonds is 3. The second-order valence-electron chi connectivity index (χ2n) is 6.90. The highest BCUT2D eigenvalue weighted by atomic mass is 16.6. The van der Waals surface area contributed by atoms with Gasteiger partial charge in [0.25, 0.3) is 0 Å². The summed E-state index contributed by atoms with van der Waals surface area (Å²) in [6.45, 7) is 4.76. The molecular weight excluding hydrogens is 346 g/mol. The van der Waals surface area contributed by atoms with E-state index in [1.807, 2.05) is 0 Å². The van der Waals surface area contributed by atoms with Crippen LogP contribution < -0.4 is 5.32 Å². The van der Waals surface area contributed by atoms with Crippen LogP contribution in [0.4, 0.5) is 10.6 Å². The van der Waals surface area contributed by atoms with Crippen LogP contribution in [-0.2, 0) is 9.47 Å². The van der Waals surface area contributed by atoms with Crippen molar-refractivity contribution < 1.29 is 29.6 Å². The van der Waals surface area contributed by atoms with E-state index in [0.717, 1.165) is 0 Å². The molecule has 0 unspecified atom stereocenters. The van der Waals surface area contributed by atoms with Gasteiger partial charge in [-0.15, -0.1) is 0 Å². The van der Waals surface area contributed by atoms with E-state index in [-0.39, 0.29) is 17.0 Å². The zero-order valence-corrected chi connectivity index (χ0v) is 14.5. The number of aromatic nitrogens is 4. The number of imidazole rings is 1. The molecule has 1 fully saturated rings. The number of carbonyl (C=O) groups excluding carboxylic acids is 1. The molecule has 4 atom stereocenters. The number of carbonyl (C=O) groups is 1. The molecule has 0 spiro atoms. The number of anilines is 1. The second-order valence-corrected chi connectivity index (χ2v) is 6.90. The summed E-state index contributed by atoms with van der Waals surface area (Å²) in [4.78, 5) is 24.2. The number of hydrogen-bond acceptors (Lipinski definition) is 9. The molecule has 1 aliphatic rings. The molecule has 26 heavy (non-hydrogen) atoms. The molecule has 0 aliphatic carbocycles. The number of nitrogens with one attached hydrogen (secondary N) is 1. The quantitative estimate of drug-likeness (QED) is 0.577. The molecule has 4 N–H and O–H groups in total. The van der Waals surface area contributed by atoms with Crippen molar-refractivity contribution in [1.29, 1.82) is 0 Å². The normalized spacial score (nSPS) is 26.2. The number of fused-ring (bicyclic) bond motifs is 1. The van der Waals surface area contributed by atoms with Gasteiger partial charge in [-0.1, -0.05) is 0 Å². The third kappa shape index (κ3) is 3.46. The molecule has 0 bridgehead atoms. The van der Waals surface area contributed by atoms with Gasteiger partial charge in [-0.25, -0.2) is 19.7 Å². The van der Waals surface area contributed by atoms with E-state index in [1.54, 1.807) is 20.8 Å². The van der Waals surface area contributed by atoms with E-state index >= 15 is 0 Å². The molecule has 1 saturated heterocycles. The minimum Gasteiger partial charge on any atom is -0.444 e. The van der Waals surface area contributed by atoms with Crippen LogP contribution in [0, 0.1) is 0 Å². The Balaban J connectivity index is 1.89. The molecule has 1 amide bonds. The van der Waals surface area contributed by atoms with E-state index in [9.17, 15) is 20.1 Å². The Morgan fingerprint density at radius 3 is 2.65 bits per heavy atom. The Hall–Kier alpha value is -2.34. The first-order chi connectivity index (χ1) is 12.2. The summed E-state index contributed by atoms with van der Waals surface area (Å²) >= 11 is 0. The van der Waals surface area contributed by atoms with E-state index in [4.69, 9.17) is 9.47 Å². The van der Waals surface area contributed by atoms with Crippen molar-refractivity contribution in [2.45, 2.75) is 50.9 Å². The van der Waals surface area contributed by atoms with E-state index in [1.165, 1.54) is 17.2 Å². The van der Waals surface area contributed by atoms with Crippen molar-refractivity contribution in [3.8, 4) is 0 Å². The molecule has 11 heteroatoms. The summed E-state index contributed by atoms with van der Waals surface area (Å²) in [7, 11) is 0. The molecule has 1 aliphatic heterocycles. The van der Waals surface area contributed by atoms with Gasteiger partial charge in [-0.3, -0.25) is 9.88 Å². The van der Waals surface area contributed by atoms with Crippen LogP contribution >= 0.6 is 0 Å². The fraction of sp³-hybridized carbons (Fsp3) is 0.600. The van der Waals surface area contributed by atoms with Crippen molar-refractivity contribution in [1.82, 2.24) is 19.5 Å². The van der Waals surface area contributed by atoms with Gasteiger partial charge in [0.15, 0.2) is 23.2 Å². The third-order valence-corrected chi connectivity index (χ3v) is 3.77. The predicted molar refractivity (Wildman–Crippen MR) is 88.2 cm³/mol. The molecule has 2 aromatic rings. The SMILES string of the molecule is CC(C)(C)OC(=O)Nc1ncnc2c1ncn2[C@@H]1O[C@H](CO)[C@@H](O)[C@H]1O. The van der Waals surface area contributed by atoms with Crippen molar-refractivity contribution in [2.24, 2.45) is 0 Å². The number of aliphatic hydroxyl groups is 3. The van der Waals surface area contributed by atoms with Crippen LogP contribution in [0.25, 0.3) is 11.2 Å². The Kier molecular flexibility index (Phi) is 4.80. The lowest BCUT2D eigenvalue weighted by Crippen LogP contribution is -2.33. The molecule has 0 aromatic carbocycles. The van der Waals surface area contributed by atoms with Gasteiger partial charge in [0, 0.05) is 0 Å². The lowest BCUT2D eigenvalue weighted by molar-refractivity contribution is -0.0511. The summed E-state index contributed by atoms with van der Waals surface area (Å²) in [5.41, 5.74) is -0.135. The lowest BCUT2D eigenvalue weighted by Gasteiger charge is -2.19. The van der Waals surface area contributed by atoms with Crippen LogP contribution in [0.3, 0.4) is 0 Å². The number of hydrogen-bond donors (Lipinski definition) is 4. The standard InChI is InChI=1S/C15H21N5O6/c1-15(2,3)26-14(24)19-11-8-12(17-5-16-11)20(6-18-8)13-10(23)9(22)7(4-21)25-13/h5-7,9-10,13,21-23H,4H2,1-3H3,(H,16,17,19,24)/t7-,9-,10-,13-/m1/s1. The van der Waals surface area contributed by atoms with Crippen LogP contribution in [0.2, 0.25) is 0 Å². The van der Waals surface area contributed by atoms with E-state index in [0.29, 0.717) is 0 Å². The number of amides is 1. The Morgan fingerprint density at radius 1 is 1.31 bits per heavy atom. The average Bonchev–Trinajstić information content (AvgIpc) is 3.09. The first-order valence-corrected chi connectivity index (χ1v) is 8.01. The zero-order valence-electron chi connectivity index (χ0n) is 14.5. The van der Waals surface area contributed by atoms with Gasteiger partial charge in [-0.2, -0.15) is 0 Å². The molecule has 0 saturated carbocycles. The topological polar surface area (TPSA) is 152 Å². The highest BCUT2D eigenvalue weighted by Gasteiger charge is 2.44. The minimum atomic E-state index is -1.28. The Labute approximate surface area is 148 Å². The van der Waals surface area contributed by atoms with Gasteiger partial charge >= 0.3 is 6.09 Å². The summed E-state index contributed by atoms with van der Waals surface area (Å²) in [6, 6.07) is 0. The Morgan fingerprint density at radius 2 is 2.04 bits per heavy atom. The molecule has 11 nitrogen and oxygen atoms in total. The summed E-state index contributed by atoms with van der Waals surface area (Å²) in [6.07, 6.45) is -2.57. The number of nitrogens with zero attached hydrogens (tertiary/aromatic N) is 4. The zero-order chi connectivity index (χ0) is 19.1. The van der Waals surface area contributed by atoms with Gasteiger partial charge in [0.05, 0.1) is 12.9 Å². The molecule has 2 aromatic heterocycles.